The molecule has 0 amide bonds. The standard InChI is InChI=1S/C18H21BrN6O/c1-13(26-15-8-4-3-7-14(15)19)11-21-18(20-2)22-12-17-24-23-16-9-5-6-10-25(16)17/h3-10,13H,11-12H2,1-2H3,(H2,20,21,22). The Morgan fingerprint density at radius 1 is 1.19 bits per heavy atom. The zero-order chi connectivity index (χ0) is 18.4. The summed E-state index contributed by atoms with van der Waals surface area (Å²) in [5.41, 5.74) is 0.822. The van der Waals surface area contributed by atoms with E-state index in [1.807, 2.05) is 60.0 Å². The van der Waals surface area contributed by atoms with Crippen molar-refractivity contribution in [2.45, 2.75) is 19.6 Å². The van der Waals surface area contributed by atoms with Crippen molar-refractivity contribution >= 4 is 27.5 Å². The first-order chi connectivity index (χ1) is 12.7. The van der Waals surface area contributed by atoms with E-state index in [4.69, 9.17) is 4.74 Å². The van der Waals surface area contributed by atoms with Gasteiger partial charge in [-0.05, 0) is 47.1 Å². The van der Waals surface area contributed by atoms with Crippen LogP contribution in [0.15, 0.2) is 58.1 Å². The van der Waals surface area contributed by atoms with Crippen LogP contribution in [-0.4, -0.2) is 40.3 Å². The summed E-state index contributed by atoms with van der Waals surface area (Å²) in [5, 5.41) is 14.8. The number of benzene rings is 1. The molecular weight excluding hydrogens is 396 g/mol. The van der Waals surface area contributed by atoms with E-state index in [-0.39, 0.29) is 6.10 Å². The van der Waals surface area contributed by atoms with Crippen molar-refractivity contribution in [3.8, 4) is 5.75 Å². The first-order valence-corrected chi connectivity index (χ1v) is 9.11. The highest BCUT2D eigenvalue weighted by molar-refractivity contribution is 9.10. The monoisotopic (exact) mass is 416 g/mol. The molecule has 0 saturated heterocycles. The molecule has 0 spiro atoms. The van der Waals surface area contributed by atoms with E-state index in [2.05, 4.69) is 41.8 Å². The normalized spacial score (nSPS) is 12.8. The number of pyridine rings is 1. The van der Waals surface area contributed by atoms with Crippen molar-refractivity contribution in [1.82, 2.24) is 25.2 Å². The number of nitrogens with zero attached hydrogens (tertiary/aromatic N) is 4. The molecular formula is C18H21BrN6O. The van der Waals surface area contributed by atoms with Gasteiger partial charge in [0.15, 0.2) is 17.4 Å². The number of hydrogen-bond donors (Lipinski definition) is 2. The molecule has 136 valence electrons. The number of halogens is 1. The van der Waals surface area contributed by atoms with Gasteiger partial charge in [-0.2, -0.15) is 0 Å². The van der Waals surface area contributed by atoms with Gasteiger partial charge >= 0.3 is 0 Å². The number of aliphatic imine (C=N–C) groups is 1. The number of para-hydroxylation sites is 1. The minimum absolute atomic E-state index is 0.0267. The van der Waals surface area contributed by atoms with Crippen LogP contribution in [0.5, 0.6) is 5.75 Å². The minimum atomic E-state index is -0.0267. The fraction of sp³-hybridized carbons (Fsp3) is 0.278. The molecule has 0 aliphatic heterocycles. The third-order valence-corrected chi connectivity index (χ3v) is 4.40. The number of guanidine groups is 1. The van der Waals surface area contributed by atoms with Gasteiger partial charge in [-0.1, -0.05) is 18.2 Å². The summed E-state index contributed by atoms with van der Waals surface area (Å²) in [6.07, 6.45) is 1.91. The molecule has 7 nitrogen and oxygen atoms in total. The number of nitrogens with one attached hydrogen (secondary N) is 2. The summed E-state index contributed by atoms with van der Waals surface area (Å²) in [6.45, 7) is 3.14. The summed E-state index contributed by atoms with van der Waals surface area (Å²) in [6, 6.07) is 13.6. The minimum Gasteiger partial charge on any atom is -0.488 e. The molecule has 0 saturated carbocycles. The summed E-state index contributed by atoms with van der Waals surface area (Å²) in [4.78, 5) is 4.24. The van der Waals surface area contributed by atoms with Crippen LogP contribution < -0.4 is 15.4 Å². The van der Waals surface area contributed by atoms with Gasteiger partial charge in [-0.3, -0.25) is 9.39 Å². The molecule has 1 aromatic carbocycles. The van der Waals surface area contributed by atoms with Gasteiger partial charge < -0.3 is 15.4 Å². The molecule has 1 atom stereocenters. The number of ether oxygens (including phenoxy) is 1. The highest BCUT2D eigenvalue weighted by atomic mass is 79.9. The third kappa shape index (κ3) is 4.51. The first-order valence-electron chi connectivity index (χ1n) is 8.31. The lowest BCUT2D eigenvalue weighted by molar-refractivity contribution is 0.222. The molecule has 3 aromatic rings. The lowest BCUT2D eigenvalue weighted by Crippen LogP contribution is -2.41. The van der Waals surface area contributed by atoms with Crippen LogP contribution >= 0.6 is 15.9 Å². The first kappa shape index (κ1) is 18.2. The Morgan fingerprint density at radius 3 is 2.81 bits per heavy atom. The zero-order valence-electron chi connectivity index (χ0n) is 14.7. The predicted octanol–water partition coefficient (Wildman–Crippen LogP) is 2.62. The Labute approximate surface area is 160 Å². The summed E-state index contributed by atoms with van der Waals surface area (Å²) in [7, 11) is 1.73. The quantitative estimate of drug-likeness (QED) is 0.477. The topological polar surface area (TPSA) is 75.8 Å². The van der Waals surface area contributed by atoms with Crippen LogP contribution in [0.2, 0.25) is 0 Å². The van der Waals surface area contributed by atoms with Crippen molar-refractivity contribution < 1.29 is 4.74 Å². The van der Waals surface area contributed by atoms with E-state index in [9.17, 15) is 0 Å². The van der Waals surface area contributed by atoms with Crippen molar-refractivity contribution in [1.29, 1.82) is 0 Å². The predicted molar refractivity (Wildman–Crippen MR) is 105 cm³/mol. The molecule has 0 aliphatic rings. The molecule has 2 aromatic heterocycles. The maximum atomic E-state index is 5.93. The van der Waals surface area contributed by atoms with E-state index in [0.29, 0.717) is 19.0 Å². The number of rotatable bonds is 6. The Morgan fingerprint density at radius 2 is 2.00 bits per heavy atom. The van der Waals surface area contributed by atoms with Gasteiger partial charge in [0.2, 0.25) is 0 Å². The molecule has 2 N–H and O–H groups in total. The largest absolute Gasteiger partial charge is 0.488 e. The SMILES string of the molecule is CN=C(NCc1nnc2ccccn12)NCC(C)Oc1ccccc1Br. The van der Waals surface area contributed by atoms with Crippen molar-refractivity contribution in [2.24, 2.45) is 4.99 Å². The fourth-order valence-electron chi connectivity index (χ4n) is 2.43. The van der Waals surface area contributed by atoms with E-state index in [1.165, 1.54) is 0 Å². The van der Waals surface area contributed by atoms with Crippen LogP contribution in [0.4, 0.5) is 0 Å². The molecule has 0 aliphatic carbocycles. The van der Waals surface area contributed by atoms with Gasteiger partial charge in [0.25, 0.3) is 0 Å². The molecule has 2 heterocycles. The van der Waals surface area contributed by atoms with Crippen LogP contribution in [0.25, 0.3) is 5.65 Å². The highest BCUT2D eigenvalue weighted by Crippen LogP contribution is 2.24. The Kier molecular flexibility index (Phi) is 6.06. The Bertz CT molecular complexity index is 894. The maximum absolute atomic E-state index is 5.93. The van der Waals surface area contributed by atoms with Crippen molar-refractivity contribution in [3.05, 3.63) is 59.0 Å². The smallest absolute Gasteiger partial charge is 0.191 e. The number of aromatic nitrogens is 3. The molecule has 26 heavy (non-hydrogen) atoms. The van der Waals surface area contributed by atoms with E-state index in [1.54, 1.807) is 7.05 Å². The average Bonchev–Trinajstić information content (AvgIpc) is 3.07. The second-order valence-corrected chi connectivity index (χ2v) is 6.56. The molecule has 8 heteroatoms. The Balaban J connectivity index is 1.51. The summed E-state index contributed by atoms with van der Waals surface area (Å²) >= 11 is 3.49. The summed E-state index contributed by atoms with van der Waals surface area (Å²) < 4.78 is 8.81. The Hall–Kier alpha value is -2.61. The highest BCUT2D eigenvalue weighted by Gasteiger charge is 2.09. The lowest BCUT2D eigenvalue weighted by Gasteiger charge is -2.18. The second kappa shape index (κ2) is 8.66. The number of fused-ring (bicyclic) bond motifs is 1. The third-order valence-electron chi connectivity index (χ3n) is 3.74. The molecule has 0 fully saturated rings. The average molecular weight is 417 g/mol. The van der Waals surface area contributed by atoms with E-state index >= 15 is 0 Å². The van der Waals surface area contributed by atoms with Gasteiger partial charge in [0.05, 0.1) is 17.6 Å². The van der Waals surface area contributed by atoms with Gasteiger partial charge in [-0.15, -0.1) is 10.2 Å². The van der Waals surface area contributed by atoms with Crippen LogP contribution in [0.3, 0.4) is 0 Å². The van der Waals surface area contributed by atoms with Crippen molar-refractivity contribution in [2.75, 3.05) is 13.6 Å². The molecule has 0 bridgehead atoms. The van der Waals surface area contributed by atoms with Crippen LogP contribution in [0.1, 0.15) is 12.7 Å². The molecule has 1 unspecified atom stereocenters. The molecule has 3 rings (SSSR count). The van der Waals surface area contributed by atoms with Crippen LogP contribution in [-0.2, 0) is 6.54 Å². The maximum Gasteiger partial charge on any atom is 0.191 e. The molecule has 0 radical (unpaired) electrons. The van der Waals surface area contributed by atoms with Crippen LogP contribution in [0, 0.1) is 0 Å². The fourth-order valence-corrected chi connectivity index (χ4v) is 2.81. The van der Waals surface area contributed by atoms with Crippen molar-refractivity contribution in [3.63, 3.8) is 0 Å². The van der Waals surface area contributed by atoms with Gasteiger partial charge in [-0.25, -0.2) is 0 Å². The van der Waals surface area contributed by atoms with E-state index in [0.717, 1.165) is 21.7 Å². The van der Waals surface area contributed by atoms with E-state index < -0.39 is 0 Å². The summed E-state index contributed by atoms with van der Waals surface area (Å²) in [5.74, 6) is 2.32. The van der Waals surface area contributed by atoms with Gasteiger partial charge in [0, 0.05) is 13.2 Å². The second-order valence-electron chi connectivity index (χ2n) is 5.71. The zero-order valence-corrected chi connectivity index (χ0v) is 16.3. The van der Waals surface area contributed by atoms with Gasteiger partial charge in [0.1, 0.15) is 11.9 Å². The lowest BCUT2D eigenvalue weighted by atomic mass is 10.3. The number of hydrogen-bond acceptors (Lipinski definition) is 4.